The zero-order chi connectivity index (χ0) is 18.0. The summed E-state index contributed by atoms with van der Waals surface area (Å²) in [5, 5.41) is 0.390. The minimum absolute atomic E-state index is 0.186. The molecular formula is C20H22N2O3. The van der Waals surface area contributed by atoms with Crippen LogP contribution < -0.4 is 5.63 Å². The lowest BCUT2D eigenvalue weighted by Crippen LogP contribution is -2.15. The monoisotopic (exact) mass is 338 g/mol. The first-order valence-electron chi connectivity index (χ1n) is 8.66. The first kappa shape index (κ1) is 17.1. The van der Waals surface area contributed by atoms with Gasteiger partial charge in [0.2, 0.25) is 5.89 Å². The van der Waals surface area contributed by atoms with E-state index in [-0.39, 0.29) is 5.91 Å². The Kier molecular flexibility index (Phi) is 4.83. The number of unbranched alkanes of at least 4 members (excludes halogenated alkanes) is 2. The zero-order valence-corrected chi connectivity index (χ0v) is 14.8. The Hall–Kier alpha value is -2.69. The van der Waals surface area contributed by atoms with E-state index in [1.54, 1.807) is 12.1 Å². The third-order valence-electron chi connectivity index (χ3n) is 4.55. The van der Waals surface area contributed by atoms with Gasteiger partial charge in [0, 0.05) is 17.7 Å². The van der Waals surface area contributed by atoms with Gasteiger partial charge >= 0.3 is 5.63 Å². The highest BCUT2D eigenvalue weighted by molar-refractivity contribution is 6.02. The number of hydrogen-bond donors (Lipinski definition) is 0. The highest BCUT2D eigenvalue weighted by atomic mass is 16.4. The quantitative estimate of drug-likeness (QED) is 0.659. The van der Waals surface area contributed by atoms with Gasteiger partial charge in [0.15, 0.2) is 5.65 Å². The standard InChI is InChI=1S/C20H22N2O3/c1-4-5-7-12-16-21-18-17(20(24)25-16)13(2)14(3)22(18)19(23)15-10-8-6-9-11-15/h6,8-11H,4-5,7,12H2,1-3H3. The summed E-state index contributed by atoms with van der Waals surface area (Å²) in [6.07, 6.45) is 3.63. The summed E-state index contributed by atoms with van der Waals surface area (Å²) in [6.45, 7) is 5.76. The maximum absolute atomic E-state index is 13.0. The SMILES string of the molecule is CCCCCc1nc2c(c(C)c(C)n2C(=O)c2ccccc2)c(=O)o1. The topological polar surface area (TPSA) is 65.1 Å². The minimum atomic E-state index is -0.420. The molecule has 2 heterocycles. The fraction of sp³-hybridized carbons (Fsp3) is 0.350. The maximum atomic E-state index is 13.0. The van der Waals surface area contributed by atoms with Gasteiger partial charge in [0.05, 0.1) is 0 Å². The fourth-order valence-corrected chi connectivity index (χ4v) is 3.03. The molecule has 5 nitrogen and oxygen atoms in total. The van der Waals surface area contributed by atoms with Crippen LogP contribution in [0.2, 0.25) is 0 Å². The molecule has 0 radical (unpaired) electrons. The van der Waals surface area contributed by atoms with Crippen molar-refractivity contribution in [3.63, 3.8) is 0 Å². The van der Waals surface area contributed by atoms with Gasteiger partial charge in [-0.1, -0.05) is 38.0 Å². The molecule has 3 aromatic rings. The number of carbonyl (C=O) groups is 1. The number of fused-ring (bicyclic) bond motifs is 1. The Balaban J connectivity index is 2.16. The van der Waals surface area contributed by atoms with Crippen LogP contribution in [0.15, 0.2) is 39.5 Å². The van der Waals surface area contributed by atoms with Crippen LogP contribution in [-0.2, 0) is 6.42 Å². The van der Waals surface area contributed by atoms with Gasteiger partial charge < -0.3 is 4.42 Å². The van der Waals surface area contributed by atoms with E-state index in [9.17, 15) is 9.59 Å². The third-order valence-corrected chi connectivity index (χ3v) is 4.55. The fourth-order valence-electron chi connectivity index (χ4n) is 3.03. The van der Waals surface area contributed by atoms with Crippen LogP contribution in [0.3, 0.4) is 0 Å². The van der Waals surface area contributed by atoms with E-state index in [1.807, 2.05) is 32.0 Å². The summed E-state index contributed by atoms with van der Waals surface area (Å²) in [5.74, 6) is 0.208. The van der Waals surface area contributed by atoms with Crippen LogP contribution in [0.1, 0.15) is 53.7 Å². The number of benzene rings is 1. The van der Waals surface area contributed by atoms with E-state index in [1.165, 1.54) is 4.57 Å². The van der Waals surface area contributed by atoms with Crippen LogP contribution in [0.25, 0.3) is 11.0 Å². The average molecular weight is 338 g/mol. The van der Waals surface area contributed by atoms with Crippen molar-refractivity contribution in [2.75, 3.05) is 0 Å². The predicted molar refractivity (Wildman–Crippen MR) is 97.1 cm³/mol. The van der Waals surface area contributed by atoms with Crippen LogP contribution in [-0.4, -0.2) is 15.5 Å². The summed E-state index contributed by atoms with van der Waals surface area (Å²) in [5.41, 5.74) is 1.99. The molecule has 5 heteroatoms. The van der Waals surface area contributed by atoms with E-state index in [4.69, 9.17) is 4.42 Å². The molecule has 0 fully saturated rings. The summed E-state index contributed by atoms with van der Waals surface area (Å²) in [7, 11) is 0. The smallest absolute Gasteiger partial charge is 0.348 e. The van der Waals surface area contributed by atoms with E-state index >= 15 is 0 Å². The molecule has 0 aliphatic heterocycles. The number of aromatic nitrogens is 2. The Morgan fingerprint density at radius 3 is 2.56 bits per heavy atom. The lowest BCUT2D eigenvalue weighted by Gasteiger charge is -2.07. The van der Waals surface area contributed by atoms with Crippen molar-refractivity contribution in [3.8, 4) is 0 Å². The van der Waals surface area contributed by atoms with E-state index in [0.717, 1.165) is 30.5 Å². The lowest BCUT2D eigenvalue weighted by molar-refractivity contribution is 0.0962. The van der Waals surface area contributed by atoms with E-state index in [0.29, 0.717) is 28.9 Å². The van der Waals surface area contributed by atoms with Crippen LogP contribution in [0.5, 0.6) is 0 Å². The molecule has 0 unspecified atom stereocenters. The minimum Gasteiger partial charge on any atom is -0.408 e. The van der Waals surface area contributed by atoms with Gasteiger partial charge in [-0.3, -0.25) is 9.36 Å². The van der Waals surface area contributed by atoms with E-state index < -0.39 is 5.63 Å². The molecule has 1 aromatic carbocycles. The van der Waals surface area contributed by atoms with Gasteiger partial charge in [-0.05, 0) is 38.0 Å². The molecule has 0 saturated carbocycles. The van der Waals surface area contributed by atoms with Crippen molar-refractivity contribution < 1.29 is 9.21 Å². The average Bonchev–Trinajstić information content (AvgIpc) is 2.86. The molecule has 0 N–H and O–H groups in total. The molecule has 3 rings (SSSR count). The van der Waals surface area contributed by atoms with Crippen molar-refractivity contribution in [2.24, 2.45) is 0 Å². The summed E-state index contributed by atoms with van der Waals surface area (Å²) in [4.78, 5) is 29.9. The van der Waals surface area contributed by atoms with Crippen molar-refractivity contribution in [1.82, 2.24) is 9.55 Å². The molecule has 130 valence electrons. The number of carbonyl (C=O) groups excluding carboxylic acids is 1. The molecular weight excluding hydrogens is 316 g/mol. The Bertz CT molecular complexity index is 968. The lowest BCUT2D eigenvalue weighted by atomic mass is 10.2. The number of hydrogen-bond acceptors (Lipinski definition) is 4. The highest BCUT2D eigenvalue weighted by Gasteiger charge is 2.22. The molecule has 0 aliphatic carbocycles. The Labute approximate surface area is 146 Å². The van der Waals surface area contributed by atoms with Crippen molar-refractivity contribution in [2.45, 2.75) is 46.5 Å². The van der Waals surface area contributed by atoms with Gasteiger partial charge in [-0.2, -0.15) is 4.98 Å². The van der Waals surface area contributed by atoms with Gasteiger partial charge in [-0.25, -0.2) is 4.79 Å². The maximum Gasteiger partial charge on any atom is 0.348 e. The molecule has 0 amide bonds. The Morgan fingerprint density at radius 1 is 1.16 bits per heavy atom. The van der Waals surface area contributed by atoms with Crippen LogP contribution >= 0.6 is 0 Å². The third kappa shape index (κ3) is 3.14. The van der Waals surface area contributed by atoms with Gasteiger partial charge in [0.25, 0.3) is 5.91 Å². The molecule has 0 saturated heterocycles. The molecule has 0 atom stereocenters. The van der Waals surface area contributed by atoms with E-state index in [2.05, 4.69) is 11.9 Å². The molecule has 2 aromatic heterocycles. The molecule has 25 heavy (non-hydrogen) atoms. The molecule has 0 bridgehead atoms. The first-order chi connectivity index (χ1) is 12.0. The van der Waals surface area contributed by atoms with Gasteiger partial charge in [-0.15, -0.1) is 0 Å². The van der Waals surface area contributed by atoms with Crippen molar-refractivity contribution in [1.29, 1.82) is 0 Å². The molecule has 0 spiro atoms. The van der Waals surface area contributed by atoms with Crippen molar-refractivity contribution in [3.05, 3.63) is 63.5 Å². The molecule has 0 aliphatic rings. The number of aryl methyl sites for hydroxylation is 2. The van der Waals surface area contributed by atoms with Crippen LogP contribution in [0, 0.1) is 13.8 Å². The second-order valence-corrected chi connectivity index (χ2v) is 6.27. The van der Waals surface area contributed by atoms with Crippen molar-refractivity contribution >= 4 is 16.9 Å². The zero-order valence-electron chi connectivity index (χ0n) is 14.8. The largest absolute Gasteiger partial charge is 0.408 e. The summed E-state index contributed by atoms with van der Waals surface area (Å²) < 4.78 is 6.91. The summed E-state index contributed by atoms with van der Waals surface area (Å²) in [6, 6.07) is 9.02. The normalized spacial score (nSPS) is 11.2. The number of rotatable bonds is 5. The summed E-state index contributed by atoms with van der Waals surface area (Å²) >= 11 is 0. The predicted octanol–water partition coefficient (Wildman–Crippen LogP) is 4.03. The first-order valence-corrected chi connectivity index (χ1v) is 8.66. The highest BCUT2D eigenvalue weighted by Crippen LogP contribution is 2.23. The van der Waals surface area contributed by atoms with Gasteiger partial charge in [0.1, 0.15) is 5.39 Å². The second-order valence-electron chi connectivity index (χ2n) is 6.27. The Morgan fingerprint density at radius 2 is 1.88 bits per heavy atom. The number of nitrogens with zero attached hydrogens (tertiary/aromatic N) is 2. The second kappa shape index (κ2) is 7.05. The van der Waals surface area contributed by atoms with Crippen LogP contribution in [0.4, 0.5) is 0 Å².